The molecule has 0 bridgehead atoms. The number of fused-ring (bicyclic) bond motifs is 1. The van der Waals surface area contributed by atoms with Crippen molar-refractivity contribution in [2.75, 3.05) is 18.6 Å². The molecule has 5 heteroatoms. The number of aromatic nitrogens is 1. The molecule has 1 fully saturated rings. The first kappa shape index (κ1) is 15.6. The summed E-state index contributed by atoms with van der Waals surface area (Å²) in [5.41, 5.74) is 3.62. The van der Waals surface area contributed by atoms with Crippen molar-refractivity contribution in [2.45, 2.75) is 25.4 Å². The molecule has 1 amide bonds. The van der Waals surface area contributed by atoms with E-state index in [0.717, 1.165) is 28.8 Å². The Kier molecular flexibility index (Phi) is 4.02. The van der Waals surface area contributed by atoms with E-state index in [1.54, 1.807) is 24.3 Å². The van der Waals surface area contributed by atoms with Gasteiger partial charge in [0.1, 0.15) is 0 Å². The van der Waals surface area contributed by atoms with Crippen molar-refractivity contribution in [1.29, 1.82) is 0 Å². The van der Waals surface area contributed by atoms with Crippen LogP contribution in [0.15, 0.2) is 36.7 Å². The molecule has 0 spiro atoms. The molecule has 1 aliphatic heterocycles. The Morgan fingerprint density at radius 1 is 1.29 bits per heavy atom. The van der Waals surface area contributed by atoms with Crippen LogP contribution >= 0.6 is 11.6 Å². The number of ether oxygens (including phenoxy) is 1. The lowest BCUT2D eigenvalue weighted by molar-refractivity contribution is 0.0843. The normalized spacial score (nSPS) is 18.4. The van der Waals surface area contributed by atoms with Gasteiger partial charge in [-0.15, -0.1) is 0 Å². The van der Waals surface area contributed by atoms with Gasteiger partial charge >= 0.3 is 0 Å². The maximum absolute atomic E-state index is 12.8. The largest absolute Gasteiger partial charge is 0.376 e. The number of nitrogens with zero attached hydrogens (tertiary/aromatic N) is 2. The summed E-state index contributed by atoms with van der Waals surface area (Å²) in [4.78, 5) is 19.0. The molecule has 1 unspecified atom stereocenters. The Bertz CT molecular complexity index is 789. The summed E-state index contributed by atoms with van der Waals surface area (Å²) < 4.78 is 5.64. The highest BCUT2D eigenvalue weighted by molar-refractivity contribution is 6.30. The molecular formula is C19H19ClN2O2. The minimum atomic E-state index is 0.00672. The van der Waals surface area contributed by atoms with Crippen molar-refractivity contribution >= 4 is 23.2 Å². The van der Waals surface area contributed by atoms with E-state index >= 15 is 0 Å². The van der Waals surface area contributed by atoms with Crippen LogP contribution in [-0.2, 0) is 11.2 Å². The summed E-state index contributed by atoms with van der Waals surface area (Å²) in [6.07, 6.45) is 6.85. The van der Waals surface area contributed by atoms with Crippen LogP contribution in [0, 0.1) is 5.92 Å². The molecule has 1 atom stereocenters. The van der Waals surface area contributed by atoms with Gasteiger partial charge in [-0.25, -0.2) is 0 Å². The van der Waals surface area contributed by atoms with Crippen LogP contribution in [0.2, 0.25) is 5.02 Å². The molecule has 2 heterocycles. The first-order valence-electron chi connectivity index (χ1n) is 8.25. The van der Waals surface area contributed by atoms with Crippen molar-refractivity contribution in [3.8, 4) is 0 Å². The second-order valence-electron chi connectivity index (χ2n) is 6.48. The third kappa shape index (κ3) is 2.80. The highest BCUT2D eigenvalue weighted by Crippen LogP contribution is 2.43. The van der Waals surface area contributed by atoms with E-state index < -0.39 is 0 Å². The number of pyridine rings is 1. The smallest absolute Gasteiger partial charge is 0.258 e. The summed E-state index contributed by atoms with van der Waals surface area (Å²) in [6, 6.07) is 7.50. The van der Waals surface area contributed by atoms with Crippen molar-refractivity contribution < 1.29 is 9.53 Å². The zero-order valence-electron chi connectivity index (χ0n) is 13.5. The number of carbonyl (C=O) groups is 1. The van der Waals surface area contributed by atoms with Crippen molar-refractivity contribution in [3.63, 3.8) is 0 Å². The molecule has 124 valence electrons. The average molecular weight is 343 g/mol. The van der Waals surface area contributed by atoms with Crippen LogP contribution < -0.4 is 4.90 Å². The number of hydrogen-bond acceptors (Lipinski definition) is 3. The van der Waals surface area contributed by atoms with Gasteiger partial charge in [0.15, 0.2) is 0 Å². The maximum Gasteiger partial charge on any atom is 0.258 e. The van der Waals surface area contributed by atoms with Crippen molar-refractivity contribution in [3.05, 3.63) is 58.4 Å². The van der Waals surface area contributed by atoms with Crippen molar-refractivity contribution in [1.82, 2.24) is 4.98 Å². The van der Waals surface area contributed by atoms with Gasteiger partial charge in [-0.1, -0.05) is 11.6 Å². The monoisotopic (exact) mass is 342 g/mol. The Balaban J connectivity index is 1.64. The van der Waals surface area contributed by atoms with Gasteiger partial charge in [0.25, 0.3) is 5.91 Å². The zero-order chi connectivity index (χ0) is 16.7. The maximum atomic E-state index is 12.8. The lowest BCUT2D eigenvalue weighted by Gasteiger charge is -2.29. The average Bonchev–Trinajstić information content (AvgIpc) is 3.41. The summed E-state index contributed by atoms with van der Waals surface area (Å²) >= 11 is 6.04. The predicted octanol–water partition coefficient (Wildman–Crippen LogP) is 4.04. The number of rotatable bonds is 4. The predicted molar refractivity (Wildman–Crippen MR) is 93.5 cm³/mol. The van der Waals surface area contributed by atoms with Crippen LogP contribution in [0.25, 0.3) is 0 Å². The van der Waals surface area contributed by atoms with Gasteiger partial charge in [-0.05, 0) is 55.0 Å². The van der Waals surface area contributed by atoms with E-state index in [9.17, 15) is 4.79 Å². The number of amides is 1. The highest BCUT2D eigenvalue weighted by atomic mass is 35.5. The molecule has 1 aromatic carbocycles. The van der Waals surface area contributed by atoms with Gasteiger partial charge in [0.2, 0.25) is 0 Å². The Morgan fingerprint density at radius 2 is 2.12 bits per heavy atom. The molecule has 1 aromatic heterocycles. The van der Waals surface area contributed by atoms with Gasteiger partial charge in [0.05, 0.1) is 18.0 Å². The second kappa shape index (κ2) is 6.19. The Labute approximate surface area is 146 Å². The molecule has 0 saturated heterocycles. The van der Waals surface area contributed by atoms with Crippen LogP contribution in [0.3, 0.4) is 0 Å². The number of carbonyl (C=O) groups excluding carboxylic acids is 1. The van der Waals surface area contributed by atoms with E-state index in [1.165, 1.54) is 12.8 Å². The van der Waals surface area contributed by atoms with E-state index in [-0.39, 0.29) is 12.0 Å². The molecule has 4 rings (SSSR count). The van der Waals surface area contributed by atoms with Crippen LogP contribution in [-0.4, -0.2) is 24.5 Å². The molecule has 24 heavy (non-hydrogen) atoms. The van der Waals surface area contributed by atoms with Crippen LogP contribution in [0.5, 0.6) is 0 Å². The number of halogens is 1. The molecular weight excluding hydrogens is 324 g/mol. The standard InChI is InChI=1S/C19H19ClN2O2/c1-24-18(12-2-3-12)14-9-16(11-21-10-14)22-7-6-13-8-15(20)4-5-17(13)19(22)23/h4-5,8-12,18H,2-3,6-7H2,1H3. The number of methoxy groups -OCH3 is 1. The zero-order valence-corrected chi connectivity index (χ0v) is 14.3. The topological polar surface area (TPSA) is 42.4 Å². The van der Waals surface area contributed by atoms with Gasteiger partial charge < -0.3 is 9.64 Å². The molecule has 1 saturated carbocycles. The van der Waals surface area contributed by atoms with Crippen LogP contribution in [0.1, 0.15) is 40.4 Å². The third-order valence-corrected chi connectivity index (χ3v) is 5.07. The van der Waals surface area contributed by atoms with Crippen LogP contribution in [0.4, 0.5) is 5.69 Å². The van der Waals surface area contributed by atoms with Gasteiger partial charge in [-0.3, -0.25) is 9.78 Å². The van der Waals surface area contributed by atoms with E-state index in [2.05, 4.69) is 4.98 Å². The summed E-state index contributed by atoms with van der Waals surface area (Å²) in [5.74, 6) is 0.583. The molecule has 2 aliphatic rings. The third-order valence-electron chi connectivity index (χ3n) is 4.84. The molecule has 1 aliphatic carbocycles. The fraction of sp³-hybridized carbons (Fsp3) is 0.368. The first-order valence-corrected chi connectivity index (χ1v) is 8.63. The Hall–Kier alpha value is -1.91. The first-order chi connectivity index (χ1) is 11.7. The SMILES string of the molecule is COC(c1cncc(N2CCc3cc(Cl)ccc3C2=O)c1)C1CC1. The molecule has 4 nitrogen and oxygen atoms in total. The fourth-order valence-corrected chi connectivity index (χ4v) is 3.65. The number of anilines is 1. The summed E-state index contributed by atoms with van der Waals surface area (Å²) in [7, 11) is 1.74. The van der Waals surface area contributed by atoms with E-state index in [0.29, 0.717) is 17.5 Å². The lowest BCUT2D eigenvalue weighted by atomic mass is 9.98. The minimum absolute atomic E-state index is 0.00672. The van der Waals surface area contributed by atoms with Gasteiger partial charge in [-0.2, -0.15) is 0 Å². The molecule has 0 radical (unpaired) electrons. The van der Waals surface area contributed by atoms with E-state index in [4.69, 9.17) is 16.3 Å². The van der Waals surface area contributed by atoms with Gasteiger partial charge in [0, 0.05) is 36.0 Å². The molecule has 0 N–H and O–H groups in total. The summed E-state index contributed by atoms with van der Waals surface area (Å²) in [5, 5.41) is 0.672. The fourth-order valence-electron chi connectivity index (χ4n) is 3.45. The lowest BCUT2D eigenvalue weighted by Crippen LogP contribution is -2.37. The number of benzene rings is 1. The second-order valence-corrected chi connectivity index (χ2v) is 6.91. The highest BCUT2D eigenvalue weighted by Gasteiger charge is 2.33. The van der Waals surface area contributed by atoms with Crippen molar-refractivity contribution in [2.24, 2.45) is 5.92 Å². The minimum Gasteiger partial charge on any atom is -0.376 e. The quantitative estimate of drug-likeness (QED) is 0.842. The molecule has 2 aromatic rings. The van der Waals surface area contributed by atoms with E-state index in [1.807, 2.05) is 24.4 Å². The Morgan fingerprint density at radius 3 is 2.88 bits per heavy atom. The number of hydrogen-bond donors (Lipinski definition) is 0. The summed E-state index contributed by atoms with van der Waals surface area (Å²) in [6.45, 7) is 0.637.